The molecule has 1 heterocycles. The Bertz CT molecular complexity index is 545. The molecule has 0 bridgehead atoms. The quantitative estimate of drug-likeness (QED) is 0.796. The van der Waals surface area contributed by atoms with Gasteiger partial charge in [0, 0.05) is 23.9 Å². The van der Waals surface area contributed by atoms with Gasteiger partial charge in [-0.05, 0) is 18.2 Å². The maximum Gasteiger partial charge on any atom is 0.227 e. The Hall–Kier alpha value is -1.40. The van der Waals surface area contributed by atoms with E-state index < -0.39 is 0 Å². The first-order valence-electron chi connectivity index (χ1n) is 6.56. The largest absolute Gasteiger partial charge is 0.339 e. The van der Waals surface area contributed by atoms with Crippen molar-refractivity contribution in [2.45, 2.75) is 37.0 Å². The normalized spacial score (nSPS) is 11.2. The van der Waals surface area contributed by atoms with Crippen LogP contribution in [0.5, 0.6) is 0 Å². The fourth-order valence-electron chi connectivity index (χ4n) is 1.62. The van der Waals surface area contributed by atoms with Crippen molar-refractivity contribution in [3.8, 4) is 0 Å². The van der Waals surface area contributed by atoms with Crippen LogP contribution in [0.25, 0.3) is 0 Å². The summed E-state index contributed by atoms with van der Waals surface area (Å²) in [5.41, 5.74) is 0. The second kappa shape index (κ2) is 7.40. The molecule has 0 saturated carbocycles. The Morgan fingerprint density at radius 1 is 1.40 bits per heavy atom. The van der Waals surface area contributed by atoms with Crippen LogP contribution in [0.4, 0.5) is 4.39 Å². The Balaban J connectivity index is 1.80. The van der Waals surface area contributed by atoms with E-state index in [1.54, 1.807) is 6.07 Å². The molecule has 0 aliphatic heterocycles. The van der Waals surface area contributed by atoms with Gasteiger partial charge >= 0.3 is 0 Å². The van der Waals surface area contributed by atoms with E-state index in [0.29, 0.717) is 23.5 Å². The SMILES string of the molecule is CC(C)NCCc1nc(CSc2cccc(F)c2)no1. The average Bonchev–Trinajstić information content (AvgIpc) is 2.84. The number of hydrogen-bond donors (Lipinski definition) is 1. The predicted octanol–water partition coefficient (Wildman–Crippen LogP) is 3.04. The van der Waals surface area contributed by atoms with Gasteiger partial charge in [0.25, 0.3) is 0 Å². The van der Waals surface area contributed by atoms with E-state index in [1.165, 1.54) is 23.9 Å². The van der Waals surface area contributed by atoms with Gasteiger partial charge in [0.15, 0.2) is 5.82 Å². The van der Waals surface area contributed by atoms with Gasteiger partial charge in [-0.2, -0.15) is 4.98 Å². The summed E-state index contributed by atoms with van der Waals surface area (Å²) in [5, 5.41) is 7.22. The molecule has 0 amide bonds. The van der Waals surface area contributed by atoms with E-state index >= 15 is 0 Å². The zero-order chi connectivity index (χ0) is 14.4. The molecule has 0 radical (unpaired) electrons. The molecule has 108 valence electrons. The number of hydrogen-bond acceptors (Lipinski definition) is 5. The summed E-state index contributed by atoms with van der Waals surface area (Å²) in [5.74, 6) is 1.61. The Labute approximate surface area is 122 Å². The highest BCUT2D eigenvalue weighted by Gasteiger charge is 2.07. The maximum absolute atomic E-state index is 13.0. The van der Waals surface area contributed by atoms with Gasteiger partial charge in [0.2, 0.25) is 5.89 Å². The number of rotatable bonds is 7. The molecule has 0 atom stereocenters. The van der Waals surface area contributed by atoms with E-state index in [9.17, 15) is 4.39 Å². The van der Waals surface area contributed by atoms with E-state index in [-0.39, 0.29) is 5.82 Å². The van der Waals surface area contributed by atoms with Crippen molar-refractivity contribution in [2.24, 2.45) is 0 Å². The third-order valence-electron chi connectivity index (χ3n) is 2.57. The molecule has 1 aromatic heterocycles. The van der Waals surface area contributed by atoms with Crippen LogP contribution in [0.2, 0.25) is 0 Å². The molecule has 0 aliphatic rings. The standard InChI is InChI=1S/C14H18FN3OS/c1-10(2)16-7-6-14-17-13(18-19-14)9-20-12-5-3-4-11(15)8-12/h3-5,8,10,16H,6-7,9H2,1-2H3. The number of nitrogens with zero attached hydrogens (tertiary/aromatic N) is 2. The van der Waals surface area contributed by atoms with Gasteiger partial charge in [-0.1, -0.05) is 25.1 Å². The van der Waals surface area contributed by atoms with Crippen molar-refractivity contribution in [2.75, 3.05) is 6.54 Å². The fourth-order valence-corrected chi connectivity index (χ4v) is 2.41. The summed E-state index contributed by atoms with van der Waals surface area (Å²) in [7, 11) is 0. The van der Waals surface area contributed by atoms with E-state index in [1.807, 2.05) is 6.07 Å². The summed E-state index contributed by atoms with van der Waals surface area (Å²) in [4.78, 5) is 5.17. The van der Waals surface area contributed by atoms with Crippen LogP contribution in [0.15, 0.2) is 33.7 Å². The number of benzene rings is 1. The van der Waals surface area contributed by atoms with E-state index in [4.69, 9.17) is 4.52 Å². The molecular formula is C14H18FN3OS. The monoisotopic (exact) mass is 295 g/mol. The van der Waals surface area contributed by atoms with Crippen LogP contribution < -0.4 is 5.32 Å². The lowest BCUT2D eigenvalue weighted by Crippen LogP contribution is -2.25. The molecule has 1 N–H and O–H groups in total. The molecule has 0 fully saturated rings. The lowest BCUT2D eigenvalue weighted by Gasteiger charge is -2.04. The predicted molar refractivity (Wildman–Crippen MR) is 77.1 cm³/mol. The zero-order valence-electron chi connectivity index (χ0n) is 11.6. The molecule has 0 unspecified atom stereocenters. The fraction of sp³-hybridized carbons (Fsp3) is 0.429. The van der Waals surface area contributed by atoms with E-state index in [0.717, 1.165) is 17.9 Å². The molecule has 2 aromatic rings. The minimum atomic E-state index is -0.233. The van der Waals surface area contributed by atoms with Crippen molar-refractivity contribution in [3.05, 3.63) is 41.8 Å². The minimum absolute atomic E-state index is 0.233. The number of halogens is 1. The van der Waals surface area contributed by atoms with Gasteiger partial charge in [-0.25, -0.2) is 4.39 Å². The van der Waals surface area contributed by atoms with Crippen molar-refractivity contribution in [1.82, 2.24) is 15.5 Å². The lowest BCUT2D eigenvalue weighted by molar-refractivity contribution is 0.370. The van der Waals surface area contributed by atoms with Gasteiger partial charge in [-0.15, -0.1) is 11.8 Å². The number of nitrogens with one attached hydrogen (secondary N) is 1. The highest BCUT2D eigenvalue weighted by Crippen LogP contribution is 2.22. The van der Waals surface area contributed by atoms with Gasteiger partial charge in [0.1, 0.15) is 5.82 Å². The van der Waals surface area contributed by atoms with Gasteiger partial charge < -0.3 is 9.84 Å². The molecule has 20 heavy (non-hydrogen) atoms. The first kappa shape index (κ1) is 15.0. The zero-order valence-corrected chi connectivity index (χ0v) is 12.4. The summed E-state index contributed by atoms with van der Waals surface area (Å²) in [6, 6.07) is 6.93. The number of thioether (sulfide) groups is 1. The third-order valence-corrected chi connectivity index (χ3v) is 3.56. The number of aromatic nitrogens is 2. The minimum Gasteiger partial charge on any atom is -0.339 e. The van der Waals surface area contributed by atoms with Crippen LogP contribution in [0.3, 0.4) is 0 Å². The first-order valence-corrected chi connectivity index (χ1v) is 7.55. The Morgan fingerprint density at radius 3 is 3.00 bits per heavy atom. The molecule has 0 aliphatic carbocycles. The van der Waals surface area contributed by atoms with Crippen LogP contribution in [0, 0.1) is 5.82 Å². The van der Waals surface area contributed by atoms with Crippen LogP contribution in [-0.4, -0.2) is 22.7 Å². The van der Waals surface area contributed by atoms with Crippen LogP contribution >= 0.6 is 11.8 Å². The summed E-state index contributed by atoms with van der Waals surface area (Å²) < 4.78 is 18.2. The molecule has 0 saturated heterocycles. The third kappa shape index (κ3) is 4.94. The molecule has 4 nitrogen and oxygen atoms in total. The molecule has 1 aromatic carbocycles. The van der Waals surface area contributed by atoms with Crippen molar-refractivity contribution in [3.63, 3.8) is 0 Å². The van der Waals surface area contributed by atoms with E-state index in [2.05, 4.69) is 29.3 Å². The first-order chi connectivity index (χ1) is 9.63. The summed E-state index contributed by atoms with van der Waals surface area (Å²) in [6.07, 6.45) is 0.718. The van der Waals surface area contributed by atoms with Crippen molar-refractivity contribution in [1.29, 1.82) is 0 Å². The van der Waals surface area contributed by atoms with Crippen molar-refractivity contribution < 1.29 is 8.91 Å². The van der Waals surface area contributed by atoms with Crippen molar-refractivity contribution >= 4 is 11.8 Å². The summed E-state index contributed by atoms with van der Waals surface area (Å²) >= 11 is 1.49. The highest BCUT2D eigenvalue weighted by molar-refractivity contribution is 7.98. The maximum atomic E-state index is 13.0. The van der Waals surface area contributed by atoms with Crippen LogP contribution in [-0.2, 0) is 12.2 Å². The topological polar surface area (TPSA) is 51.0 Å². The molecule has 2 rings (SSSR count). The second-order valence-corrected chi connectivity index (χ2v) is 5.76. The summed E-state index contributed by atoms with van der Waals surface area (Å²) in [6.45, 7) is 5.00. The van der Waals surface area contributed by atoms with Gasteiger partial charge in [-0.3, -0.25) is 0 Å². The van der Waals surface area contributed by atoms with Gasteiger partial charge in [0.05, 0.1) is 5.75 Å². The highest BCUT2D eigenvalue weighted by atomic mass is 32.2. The average molecular weight is 295 g/mol. The smallest absolute Gasteiger partial charge is 0.227 e. The molecular weight excluding hydrogens is 277 g/mol. The Morgan fingerprint density at radius 2 is 2.25 bits per heavy atom. The molecule has 0 spiro atoms. The Kier molecular flexibility index (Phi) is 5.55. The van der Waals surface area contributed by atoms with Crippen LogP contribution in [0.1, 0.15) is 25.6 Å². The lowest BCUT2D eigenvalue weighted by atomic mass is 10.3. The second-order valence-electron chi connectivity index (χ2n) is 4.71. The molecule has 6 heteroatoms.